The van der Waals surface area contributed by atoms with Crippen LogP contribution in [-0.4, -0.2) is 35.7 Å². The van der Waals surface area contributed by atoms with Crippen LogP contribution in [0.4, 0.5) is 0 Å². The Balaban J connectivity index is 1.80. The van der Waals surface area contributed by atoms with Crippen molar-refractivity contribution >= 4 is 17.7 Å². The van der Waals surface area contributed by atoms with Crippen LogP contribution in [0.2, 0.25) is 0 Å². The van der Waals surface area contributed by atoms with E-state index in [0.29, 0.717) is 23.6 Å². The van der Waals surface area contributed by atoms with Crippen LogP contribution >= 0.6 is 0 Å². The Labute approximate surface area is 143 Å². The third-order valence-electron chi connectivity index (χ3n) is 4.57. The largest absolute Gasteiger partial charge is 0.356 e. The first-order valence-electron chi connectivity index (χ1n) is 8.80. The van der Waals surface area contributed by atoms with Gasteiger partial charge in [-0.15, -0.1) is 0 Å². The standard InChI is InChI=1S/C19H26N2O3/c1-3-5-8-14(4-2)13-20-17(22)11-12-21-18(23)15-9-6-7-10-16(15)19(21)24/h6-7,9-10,14H,3-5,8,11-13H2,1-2H3,(H,20,22)/t14-/m0/s1. The van der Waals surface area contributed by atoms with Gasteiger partial charge in [-0.1, -0.05) is 45.2 Å². The van der Waals surface area contributed by atoms with E-state index in [1.165, 1.54) is 11.3 Å². The van der Waals surface area contributed by atoms with Crippen molar-refractivity contribution in [2.24, 2.45) is 5.92 Å². The molecule has 1 aliphatic rings. The molecule has 5 heteroatoms. The monoisotopic (exact) mass is 330 g/mol. The molecule has 0 spiro atoms. The highest BCUT2D eigenvalue weighted by atomic mass is 16.2. The molecular formula is C19H26N2O3. The highest BCUT2D eigenvalue weighted by Gasteiger charge is 2.34. The Morgan fingerprint density at radius 1 is 1.12 bits per heavy atom. The molecule has 1 aromatic rings. The van der Waals surface area contributed by atoms with Gasteiger partial charge in [0.15, 0.2) is 0 Å². The Morgan fingerprint density at radius 2 is 1.75 bits per heavy atom. The summed E-state index contributed by atoms with van der Waals surface area (Å²) in [5, 5.41) is 2.93. The van der Waals surface area contributed by atoms with Crippen LogP contribution in [0, 0.1) is 5.92 Å². The van der Waals surface area contributed by atoms with Gasteiger partial charge in [0.1, 0.15) is 0 Å². The molecule has 0 saturated heterocycles. The van der Waals surface area contributed by atoms with Crippen molar-refractivity contribution in [3.05, 3.63) is 35.4 Å². The number of carbonyl (C=O) groups is 3. The Hall–Kier alpha value is -2.17. The summed E-state index contributed by atoms with van der Waals surface area (Å²) in [6.45, 7) is 5.08. The van der Waals surface area contributed by atoms with Crippen LogP contribution in [0.3, 0.4) is 0 Å². The van der Waals surface area contributed by atoms with E-state index in [0.717, 1.165) is 19.3 Å². The van der Waals surface area contributed by atoms with E-state index in [9.17, 15) is 14.4 Å². The van der Waals surface area contributed by atoms with Crippen molar-refractivity contribution < 1.29 is 14.4 Å². The zero-order chi connectivity index (χ0) is 17.5. The summed E-state index contributed by atoms with van der Waals surface area (Å²) in [6.07, 6.45) is 4.63. The second kappa shape index (κ2) is 8.62. The number of benzene rings is 1. The van der Waals surface area contributed by atoms with Gasteiger partial charge in [-0.2, -0.15) is 0 Å². The normalized spacial score (nSPS) is 14.7. The minimum absolute atomic E-state index is 0.110. The van der Waals surface area contributed by atoms with Gasteiger partial charge >= 0.3 is 0 Å². The molecule has 5 nitrogen and oxygen atoms in total. The molecule has 1 atom stereocenters. The van der Waals surface area contributed by atoms with E-state index in [1.807, 2.05) is 0 Å². The summed E-state index contributed by atoms with van der Waals surface area (Å²) < 4.78 is 0. The van der Waals surface area contributed by atoms with Crippen LogP contribution in [0.5, 0.6) is 0 Å². The average molecular weight is 330 g/mol. The maximum atomic E-state index is 12.2. The van der Waals surface area contributed by atoms with E-state index in [2.05, 4.69) is 19.2 Å². The topological polar surface area (TPSA) is 66.5 Å². The number of nitrogens with one attached hydrogen (secondary N) is 1. The third-order valence-corrected chi connectivity index (χ3v) is 4.57. The maximum absolute atomic E-state index is 12.2. The zero-order valence-corrected chi connectivity index (χ0v) is 14.5. The van der Waals surface area contributed by atoms with Crippen molar-refractivity contribution in [2.75, 3.05) is 13.1 Å². The molecule has 1 aliphatic heterocycles. The first kappa shape index (κ1) is 18.2. The number of fused-ring (bicyclic) bond motifs is 1. The first-order valence-corrected chi connectivity index (χ1v) is 8.80. The van der Waals surface area contributed by atoms with Gasteiger partial charge in [0.05, 0.1) is 11.1 Å². The maximum Gasteiger partial charge on any atom is 0.261 e. The summed E-state index contributed by atoms with van der Waals surface area (Å²) in [5.41, 5.74) is 0.849. The second-order valence-corrected chi connectivity index (χ2v) is 6.28. The van der Waals surface area contributed by atoms with Crippen molar-refractivity contribution in [1.29, 1.82) is 0 Å². The fraction of sp³-hybridized carbons (Fsp3) is 0.526. The number of rotatable bonds is 9. The predicted octanol–water partition coefficient (Wildman–Crippen LogP) is 3.01. The minimum atomic E-state index is -0.308. The van der Waals surface area contributed by atoms with E-state index in [1.54, 1.807) is 24.3 Å². The molecule has 130 valence electrons. The second-order valence-electron chi connectivity index (χ2n) is 6.28. The molecule has 0 aromatic heterocycles. The molecule has 0 unspecified atom stereocenters. The number of hydrogen-bond acceptors (Lipinski definition) is 3. The summed E-state index contributed by atoms with van der Waals surface area (Å²) in [5.74, 6) is -0.231. The van der Waals surface area contributed by atoms with E-state index < -0.39 is 0 Å². The van der Waals surface area contributed by atoms with Crippen LogP contribution in [0.1, 0.15) is 66.7 Å². The average Bonchev–Trinajstić information content (AvgIpc) is 2.84. The lowest BCUT2D eigenvalue weighted by atomic mass is 9.99. The van der Waals surface area contributed by atoms with Gasteiger partial charge in [0.25, 0.3) is 11.8 Å². The molecule has 0 aliphatic carbocycles. The van der Waals surface area contributed by atoms with Crippen molar-refractivity contribution in [3.8, 4) is 0 Å². The minimum Gasteiger partial charge on any atom is -0.356 e. The first-order chi connectivity index (χ1) is 11.6. The van der Waals surface area contributed by atoms with E-state index in [-0.39, 0.29) is 30.7 Å². The summed E-state index contributed by atoms with van der Waals surface area (Å²) in [4.78, 5) is 37.6. The molecule has 0 bridgehead atoms. The molecule has 0 fully saturated rings. The highest BCUT2D eigenvalue weighted by molar-refractivity contribution is 6.21. The predicted molar refractivity (Wildman–Crippen MR) is 92.7 cm³/mol. The number of amides is 3. The Kier molecular flexibility index (Phi) is 6.53. The number of unbranched alkanes of at least 4 members (excludes halogenated alkanes) is 1. The number of imide groups is 1. The van der Waals surface area contributed by atoms with Crippen molar-refractivity contribution in [1.82, 2.24) is 10.2 Å². The Morgan fingerprint density at radius 3 is 2.29 bits per heavy atom. The molecule has 2 rings (SSSR count). The lowest BCUT2D eigenvalue weighted by Crippen LogP contribution is -2.35. The molecule has 1 aromatic carbocycles. The van der Waals surface area contributed by atoms with E-state index in [4.69, 9.17) is 0 Å². The Bertz CT molecular complexity index is 577. The summed E-state index contributed by atoms with van der Waals surface area (Å²) in [6, 6.07) is 6.77. The van der Waals surface area contributed by atoms with Gasteiger partial charge in [0, 0.05) is 19.5 Å². The molecule has 24 heavy (non-hydrogen) atoms. The lowest BCUT2D eigenvalue weighted by molar-refractivity contribution is -0.121. The lowest BCUT2D eigenvalue weighted by Gasteiger charge is -2.17. The van der Waals surface area contributed by atoms with E-state index >= 15 is 0 Å². The van der Waals surface area contributed by atoms with Crippen molar-refractivity contribution in [2.45, 2.75) is 46.0 Å². The van der Waals surface area contributed by atoms with Crippen LogP contribution < -0.4 is 5.32 Å². The number of carbonyl (C=O) groups excluding carboxylic acids is 3. The third kappa shape index (κ3) is 4.22. The van der Waals surface area contributed by atoms with Gasteiger partial charge in [-0.3, -0.25) is 19.3 Å². The summed E-state index contributed by atoms with van der Waals surface area (Å²) in [7, 11) is 0. The molecule has 3 amide bonds. The van der Waals surface area contributed by atoms with Crippen LogP contribution in [0.15, 0.2) is 24.3 Å². The quantitative estimate of drug-likeness (QED) is 0.708. The van der Waals surface area contributed by atoms with Gasteiger partial charge in [-0.25, -0.2) is 0 Å². The molecule has 1 heterocycles. The smallest absolute Gasteiger partial charge is 0.261 e. The van der Waals surface area contributed by atoms with Gasteiger partial charge in [-0.05, 0) is 24.5 Å². The SMILES string of the molecule is CCCC[C@H](CC)CNC(=O)CCN1C(=O)c2ccccc2C1=O. The van der Waals surface area contributed by atoms with Crippen LogP contribution in [0.25, 0.3) is 0 Å². The number of nitrogens with zero attached hydrogens (tertiary/aromatic N) is 1. The fourth-order valence-electron chi connectivity index (χ4n) is 2.95. The molecule has 0 saturated carbocycles. The van der Waals surface area contributed by atoms with Gasteiger partial charge in [0.2, 0.25) is 5.91 Å². The molecule has 1 N–H and O–H groups in total. The summed E-state index contributed by atoms with van der Waals surface area (Å²) >= 11 is 0. The highest BCUT2D eigenvalue weighted by Crippen LogP contribution is 2.22. The zero-order valence-electron chi connectivity index (χ0n) is 14.5. The fourth-order valence-corrected chi connectivity index (χ4v) is 2.95. The molecular weight excluding hydrogens is 304 g/mol. The number of hydrogen-bond donors (Lipinski definition) is 1. The van der Waals surface area contributed by atoms with Crippen molar-refractivity contribution in [3.63, 3.8) is 0 Å². The van der Waals surface area contributed by atoms with Crippen LogP contribution in [-0.2, 0) is 4.79 Å². The molecule has 0 radical (unpaired) electrons. The van der Waals surface area contributed by atoms with Gasteiger partial charge < -0.3 is 5.32 Å².